The maximum Gasteiger partial charge on any atom is 0.227 e. The Balaban J connectivity index is 0.000000347. The predicted octanol–water partition coefficient (Wildman–Crippen LogP) is 5.37. The minimum Gasteiger partial charge on any atom is -0.374 e. The van der Waals surface area contributed by atoms with Crippen LogP contribution in [0.4, 0.5) is 0 Å². The fourth-order valence-electron chi connectivity index (χ4n) is 12.5. The molecule has 2 fully saturated rings. The van der Waals surface area contributed by atoms with E-state index in [2.05, 4.69) is 26.5 Å². The van der Waals surface area contributed by atoms with Crippen molar-refractivity contribution in [3.05, 3.63) is 96.1 Å². The van der Waals surface area contributed by atoms with Crippen molar-refractivity contribution in [2.24, 2.45) is 62.1 Å². The Morgan fingerprint density at radius 3 is 1.44 bits per heavy atom. The second-order valence-electron chi connectivity index (χ2n) is 25.2. The third kappa shape index (κ3) is 26.1. The molecule has 96 heavy (non-hydrogen) atoms. The van der Waals surface area contributed by atoms with Crippen molar-refractivity contribution in [3.8, 4) is 12.3 Å². The fraction of sp³-hybridized carbons (Fsp3) is 0.534. The SMILES string of the molecule is C#CC[C@H](CC(=O)[C@H](CCCN=C(N)N)NC(=O)[C@H](CCCCN)CC(=O)[C@@H]1CCCN1C(=O)Cc1cccc2ccccc12)C(C)=O.CC(=O)COCCCC(=O)[C@H](CCCN=C(N)N)NC(=O)[C@H](CCCCN)CC(=O)[C@@H]1CCCN1C(=O)Cc1cccc2ccccc12. The quantitative estimate of drug-likeness (QED) is 0.0120. The molecule has 2 aliphatic heterocycles. The van der Waals surface area contributed by atoms with Gasteiger partial charge in [-0.15, -0.1) is 12.3 Å². The molecule has 0 radical (unpaired) electrons. The molecular weight excluding hydrogens is 1220 g/mol. The van der Waals surface area contributed by atoms with Gasteiger partial charge in [-0.3, -0.25) is 57.9 Å². The number of fused-ring (bicyclic) bond motifs is 2. The van der Waals surface area contributed by atoms with E-state index >= 15 is 0 Å². The Labute approximate surface area is 564 Å². The number of guanidine groups is 2. The Bertz CT molecular complexity index is 3360. The lowest BCUT2D eigenvalue weighted by Crippen LogP contribution is -2.46. The monoisotopic (exact) mass is 1320 g/mol. The second kappa shape index (κ2) is 42.0. The van der Waals surface area contributed by atoms with Crippen molar-refractivity contribution < 1.29 is 52.7 Å². The van der Waals surface area contributed by atoms with Crippen LogP contribution in [0.1, 0.15) is 153 Å². The molecule has 0 aliphatic carbocycles. The number of hydrogen-bond donors (Lipinski definition) is 8. The van der Waals surface area contributed by atoms with Crippen LogP contribution in [0.15, 0.2) is 94.9 Å². The highest BCUT2D eigenvalue weighted by molar-refractivity contribution is 5.98. The van der Waals surface area contributed by atoms with Gasteiger partial charge in [0.25, 0.3) is 0 Å². The van der Waals surface area contributed by atoms with E-state index in [0.29, 0.717) is 123 Å². The van der Waals surface area contributed by atoms with E-state index in [9.17, 15) is 47.9 Å². The van der Waals surface area contributed by atoms with Gasteiger partial charge in [-0.25, -0.2) is 0 Å². The van der Waals surface area contributed by atoms with Gasteiger partial charge in [-0.05, 0) is 143 Å². The van der Waals surface area contributed by atoms with E-state index < -0.39 is 47.8 Å². The summed E-state index contributed by atoms with van der Waals surface area (Å²) < 4.78 is 5.28. The summed E-state index contributed by atoms with van der Waals surface area (Å²) in [5.74, 6) is -1.89. The smallest absolute Gasteiger partial charge is 0.227 e. The molecule has 520 valence electrons. The van der Waals surface area contributed by atoms with E-state index in [0.717, 1.165) is 32.7 Å². The minimum atomic E-state index is -0.913. The summed E-state index contributed by atoms with van der Waals surface area (Å²) in [6.07, 6.45) is 13.6. The number of nitrogens with zero attached hydrogens (tertiary/aromatic N) is 4. The van der Waals surface area contributed by atoms with Gasteiger partial charge in [0.05, 0.1) is 37.0 Å². The van der Waals surface area contributed by atoms with Crippen LogP contribution in [0.25, 0.3) is 21.5 Å². The summed E-state index contributed by atoms with van der Waals surface area (Å²) >= 11 is 0. The van der Waals surface area contributed by atoms with E-state index in [4.69, 9.17) is 45.6 Å². The number of terminal acetylenes is 1. The number of benzene rings is 4. The van der Waals surface area contributed by atoms with Gasteiger partial charge in [-0.2, -0.15) is 0 Å². The zero-order valence-corrected chi connectivity index (χ0v) is 56.2. The molecule has 0 aromatic heterocycles. The number of amides is 4. The number of unbranched alkanes of at least 4 members (excludes halogenated alkanes) is 2. The van der Waals surface area contributed by atoms with Crippen LogP contribution >= 0.6 is 0 Å². The Morgan fingerprint density at radius 1 is 0.562 bits per heavy atom. The lowest BCUT2D eigenvalue weighted by Gasteiger charge is -2.27. The molecule has 2 aliphatic rings. The lowest BCUT2D eigenvalue weighted by atomic mass is 9.89. The minimum absolute atomic E-state index is 0.0153. The lowest BCUT2D eigenvalue weighted by molar-refractivity contribution is -0.139. The first-order valence-electron chi connectivity index (χ1n) is 33.9. The molecule has 0 unspecified atom stereocenters. The first-order valence-corrected chi connectivity index (χ1v) is 33.9. The van der Waals surface area contributed by atoms with Crippen molar-refractivity contribution in [1.82, 2.24) is 20.4 Å². The maximum atomic E-state index is 13.8. The zero-order chi connectivity index (χ0) is 69.9. The topological polar surface area (TPSA) is 391 Å². The second-order valence-corrected chi connectivity index (χ2v) is 25.2. The number of hydrogen-bond acceptors (Lipinski definition) is 15. The molecule has 2 heterocycles. The Morgan fingerprint density at radius 2 is 1.01 bits per heavy atom. The molecule has 2 saturated heterocycles. The average Bonchev–Trinajstić information content (AvgIpc) is 1.39. The Kier molecular flexibility index (Phi) is 34.1. The average molecular weight is 1320 g/mol. The van der Waals surface area contributed by atoms with Gasteiger partial charge in [-0.1, -0.05) is 97.8 Å². The number of nitrogens with two attached hydrogens (primary N) is 6. The number of ether oxygens (including phenoxy) is 1. The van der Waals surface area contributed by atoms with E-state index in [-0.39, 0.29) is 135 Å². The summed E-state index contributed by atoms with van der Waals surface area (Å²) in [5, 5.41) is 9.90. The molecule has 7 atom stereocenters. The highest BCUT2D eigenvalue weighted by Crippen LogP contribution is 2.29. The number of ketones is 6. The third-order valence-corrected chi connectivity index (χ3v) is 17.7. The van der Waals surface area contributed by atoms with Gasteiger partial charge < -0.3 is 59.6 Å². The predicted molar refractivity (Wildman–Crippen MR) is 373 cm³/mol. The van der Waals surface area contributed by atoms with Crippen LogP contribution in [0.3, 0.4) is 0 Å². The van der Waals surface area contributed by atoms with Gasteiger partial charge in [0.15, 0.2) is 40.8 Å². The van der Waals surface area contributed by atoms with Crippen molar-refractivity contribution in [3.63, 3.8) is 0 Å². The number of Topliss-reactive ketones (excluding diaryl/α,β-unsaturated/α-hetero) is 6. The summed E-state index contributed by atoms with van der Waals surface area (Å²) in [4.78, 5) is 143. The van der Waals surface area contributed by atoms with Crippen molar-refractivity contribution in [2.75, 3.05) is 52.5 Å². The number of aliphatic imine (C=N–C) groups is 2. The number of rotatable bonds is 42. The molecule has 0 saturated carbocycles. The van der Waals surface area contributed by atoms with Crippen LogP contribution in [-0.4, -0.2) is 157 Å². The van der Waals surface area contributed by atoms with E-state index in [1.807, 2.05) is 84.9 Å². The highest BCUT2D eigenvalue weighted by atomic mass is 16.5. The van der Waals surface area contributed by atoms with Crippen molar-refractivity contribution in [2.45, 2.75) is 179 Å². The largest absolute Gasteiger partial charge is 0.374 e. The molecule has 0 bridgehead atoms. The molecule has 6 rings (SSSR count). The van der Waals surface area contributed by atoms with Crippen LogP contribution in [0, 0.1) is 30.1 Å². The molecule has 4 aromatic carbocycles. The number of carbonyl (C=O) groups is 10. The van der Waals surface area contributed by atoms with Gasteiger partial charge in [0.1, 0.15) is 12.4 Å². The van der Waals surface area contributed by atoms with E-state index in [1.54, 1.807) is 9.80 Å². The summed E-state index contributed by atoms with van der Waals surface area (Å²) in [5.41, 5.74) is 35.0. The third-order valence-electron chi connectivity index (χ3n) is 17.7. The van der Waals surface area contributed by atoms with Gasteiger partial charge in [0.2, 0.25) is 23.6 Å². The van der Waals surface area contributed by atoms with Gasteiger partial charge >= 0.3 is 0 Å². The summed E-state index contributed by atoms with van der Waals surface area (Å²) in [6.45, 7) is 5.46. The van der Waals surface area contributed by atoms with Crippen LogP contribution in [-0.2, 0) is 65.5 Å². The normalized spacial score (nSPS) is 15.8. The molecule has 4 aromatic rings. The highest BCUT2D eigenvalue weighted by Gasteiger charge is 2.39. The fourth-order valence-corrected chi connectivity index (χ4v) is 12.5. The standard InChI is InChI=1S/C37H50N6O5.C36H52N6O6/c1-3-11-27(25(2)44)22-33(45)31(17-9-20-41-37(39)40)42-36(48)29(13-6-7-19-38)23-34(46)32-18-10-21-43(32)35(47)24-28-15-8-14-26-12-4-5-16-30(26)28;1-25(43)24-48-21-9-17-32(44)30(15-7-19-40-36(38)39)41-35(47)28(11-4-5-18-37)22-33(45)31-16-8-20-42(31)34(46)23-27-13-6-12-26-10-2-3-14-29(26)27/h1,4-5,8,12,14-16,27,29,31-32H,6-7,9-11,13,17-24,38H2,2H3,(H,42,48)(H4,39,40,41);2-3,6,10,12-14,28,30-31H,4-5,7-9,11,15-24,37H2,1H3,(H,41,47)(H4,38,39,40)/t27-,29-,31+,32+;28-,30+,31+/m11/s1. The van der Waals surface area contributed by atoms with E-state index in [1.165, 1.54) is 13.8 Å². The molecule has 4 amide bonds. The maximum absolute atomic E-state index is 13.8. The first-order chi connectivity index (χ1) is 46.1. The molecule has 23 nitrogen and oxygen atoms in total. The number of nitrogens with one attached hydrogen (secondary N) is 2. The molecule has 0 spiro atoms. The number of likely N-dealkylation sites (tertiary alicyclic amines) is 2. The first kappa shape index (κ1) is 78.0. The van der Waals surface area contributed by atoms with Crippen LogP contribution < -0.4 is 45.0 Å². The van der Waals surface area contributed by atoms with Gasteiger partial charge in [0, 0.05) is 82.6 Å². The van der Waals surface area contributed by atoms with Crippen LogP contribution in [0.5, 0.6) is 0 Å². The van der Waals surface area contributed by atoms with Crippen molar-refractivity contribution >= 4 is 91.8 Å². The molecular formula is C73H102N12O11. The Hall–Kier alpha value is -8.72. The zero-order valence-electron chi connectivity index (χ0n) is 56.2. The molecule has 23 heteroatoms. The summed E-state index contributed by atoms with van der Waals surface area (Å²) in [7, 11) is 0. The number of carbonyl (C=O) groups excluding carboxylic acids is 10. The molecule has 14 N–H and O–H groups in total. The van der Waals surface area contributed by atoms with Crippen molar-refractivity contribution in [1.29, 1.82) is 0 Å². The van der Waals surface area contributed by atoms with Crippen LogP contribution in [0.2, 0.25) is 0 Å². The summed E-state index contributed by atoms with van der Waals surface area (Å²) in [6, 6.07) is 24.6.